The molecule has 0 radical (unpaired) electrons. The molecular weight excluding hydrogens is 308 g/mol. The first-order valence-electron chi connectivity index (χ1n) is 7.61. The summed E-state index contributed by atoms with van der Waals surface area (Å²) in [7, 11) is 1.73. The number of carbonyl (C=O) groups is 1. The van der Waals surface area contributed by atoms with Gasteiger partial charge in [0.15, 0.2) is 0 Å². The number of likely N-dealkylation sites (N-methyl/N-ethyl adjacent to an activating group) is 1. The number of nitro benzene ring substituents is 1. The minimum atomic E-state index is -0.453. The topological polar surface area (TPSA) is 81.3 Å². The molecule has 0 fully saturated rings. The van der Waals surface area contributed by atoms with Gasteiger partial charge in [-0.1, -0.05) is 0 Å². The SMILES string of the molecule is CCn1ncc(CN(C)C(=O)C=Cc2ccc([N+](=O)[O-])cc2)c1C. The molecule has 1 heterocycles. The largest absolute Gasteiger partial charge is 0.338 e. The maximum Gasteiger partial charge on any atom is 0.269 e. The first-order valence-corrected chi connectivity index (χ1v) is 7.61. The molecule has 24 heavy (non-hydrogen) atoms. The first-order chi connectivity index (χ1) is 11.4. The normalized spacial score (nSPS) is 11.0. The van der Waals surface area contributed by atoms with Crippen LogP contribution in [0.4, 0.5) is 5.69 Å². The van der Waals surface area contributed by atoms with Crippen LogP contribution < -0.4 is 0 Å². The van der Waals surface area contributed by atoms with Gasteiger partial charge in [-0.3, -0.25) is 19.6 Å². The van der Waals surface area contributed by atoms with Gasteiger partial charge >= 0.3 is 0 Å². The number of benzene rings is 1. The Morgan fingerprint density at radius 1 is 1.38 bits per heavy atom. The quantitative estimate of drug-likeness (QED) is 0.464. The smallest absolute Gasteiger partial charge is 0.269 e. The summed E-state index contributed by atoms with van der Waals surface area (Å²) in [4.78, 5) is 23.9. The minimum absolute atomic E-state index is 0.0269. The van der Waals surface area contributed by atoms with Crippen LogP contribution in [0.3, 0.4) is 0 Å². The van der Waals surface area contributed by atoms with Gasteiger partial charge < -0.3 is 4.90 Å². The second-order valence-electron chi connectivity index (χ2n) is 5.45. The molecule has 2 rings (SSSR count). The molecule has 126 valence electrons. The van der Waals surface area contributed by atoms with E-state index in [9.17, 15) is 14.9 Å². The number of nitrogens with zero attached hydrogens (tertiary/aromatic N) is 4. The van der Waals surface area contributed by atoms with Gasteiger partial charge in [-0.2, -0.15) is 5.10 Å². The summed E-state index contributed by atoms with van der Waals surface area (Å²) < 4.78 is 1.89. The van der Waals surface area contributed by atoms with Crippen LogP contribution >= 0.6 is 0 Å². The summed E-state index contributed by atoms with van der Waals surface area (Å²) in [5, 5.41) is 14.9. The molecule has 0 aliphatic heterocycles. The van der Waals surface area contributed by atoms with Crippen molar-refractivity contribution in [3.8, 4) is 0 Å². The van der Waals surface area contributed by atoms with Gasteiger partial charge in [-0.15, -0.1) is 0 Å². The molecule has 1 aromatic heterocycles. The fraction of sp³-hybridized carbons (Fsp3) is 0.294. The Morgan fingerprint density at radius 3 is 2.58 bits per heavy atom. The van der Waals surface area contributed by atoms with E-state index in [0.717, 1.165) is 23.4 Å². The van der Waals surface area contributed by atoms with Crippen molar-refractivity contribution in [2.45, 2.75) is 26.9 Å². The number of amides is 1. The van der Waals surface area contributed by atoms with E-state index < -0.39 is 4.92 Å². The minimum Gasteiger partial charge on any atom is -0.338 e. The Morgan fingerprint density at radius 2 is 2.04 bits per heavy atom. The third-order valence-electron chi connectivity index (χ3n) is 3.81. The van der Waals surface area contributed by atoms with E-state index in [-0.39, 0.29) is 11.6 Å². The lowest BCUT2D eigenvalue weighted by atomic mass is 10.2. The van der Waals surface area contributed by atoms with Gasteiger partial charge in [-0.05, 0) is 37.6 Å². The summed E-state index contributed by atoms with van der Waals surface area (Å²) in [6.45, 7) is 5.28. The standard InChI is InChI=1S/C17H20N4O3/c1-4-20-13(2)15(11-18-20)12-19(3)17(22)10-7-14-5-8-16(9-6-14)21(23)24/h5-11H,4,12H2,1-3H3. The van der Waals surface area contributed by atoms with Gasteiger partial charge in [0, 0.05) is 49.6 Å². The Balaban J connectivity index is 2.00. The molecule has 0 saturated heterocycles. The predicted molar refractivity (Wildman–Crippen MR) is 91.2 cm³/mol. The highest BCUT2D eigenvalue weighted by molar-refractivity contribution is 5.91. The number of aromatic nitrogens is 2. The molecule has 0 bridgehead atoms. The number of non-ortho nitro benzene ring substituents is 1. The average Bonchev–Trinajstić information content (AvgIpc) is 2.92. The molecule has 7 nitrogen and oxygen atoms in total. The van der Waals surface area contributed by atoms with Crippen LogP contribution in [0, 0.1) is 17.0 Å². The van der Waals surface area contributed by atoms with E-state index in [1.807, 2.05) is 18.5 Å². The molecule has 0 unspecified atom stereocenters. The molecule has 1 aromatic carbocycles. The van der Waals surface area contributed by atoms with Crippen molar-refractivity contribution in [2.75, 3.05) is 7.05 Å². The summed E-state index contributed by atoms with van der Waals surface area (Å²) in [6.07, 6.45) is 4.88. The van der Waals surface area contributed by atoms with Crippen molar-refractivity contribution < 1.29 is 9.72 Å². The zero-order chi connectivity index (χ0) is 17.7. The van der Waals surface area contributed by atoms with Crippen molar-refractivity contribution in [3.05, 3.63) is 63.5 Å². The van der Waals surface area contributed by atoms with E-state index in [0.29, 0.717) is 6.54 Å². The van der Waals surface area contributed by atoms with Gasteiger partial charge in [0.25, 0.3) is 5.69 Å². The Bertz CT molecular complexity index is 763. The maximum atomic E-state index is 12.2. The van der Waals surface area contributed by atoms with Crippen LogP contribution in [0.25, 0.3) is 6.08 Å². The second kappa shape index (κ2) is 7.54. The number of aryl methyl sites for hydroxylation is 1. The highest BCUT2D eigenvalue weighted by atomic mass is 16.6. The van der Waals surface area contributed by atoms with Crippen LogP contribution in [-0.4, -0.2) is 32.6 Å². The number of nitro groups is 1. The second-order valence-corrected chi connectivity index (χ2v) is 5.45. The van der Waals surface area contributed by atoms with Crippen molar-refractivity contribution in [1.29, 1.82) is 0 Å². The molecular formula is C17H20N4O3. The predicted octanol–water partition coefficient (Wildman–Crippen LogP) is 2.79. The third kappa shape index (κ3) is 4.07. The lowest BCUT2D eigenvalue weighted by Crippen LogP contribution is -2.24. The van der Waals surface area contributed by atoms with Crippen LogP contribution in [0.2, 0.25) is 0 Å². The van der Waals surface area contributed by atoms with E-state index in [2.05, 4.69) is 5.10 Å². The number of rotatable bonds is 6. The molecule has 0 spiro atoms. The molecule has 0 aliphatic rings. The van der Waals surface area contributed by atoms with E-state index in [4.69, 9.17) is 0 Å². The van der Waals surface area contributed by atoms with Crippen LogP contribution in [-0.2, 0) is 17.9 Å². The Kier molecular flexibility index (Phi) is 5.47. The number of hydrogen-bond acceptors (Lipinski definition) is 4. The van der Waals surface area contributed by atoms with Crippen LogP contribution in [0.15, 0.2) is 36.5 Å². The van der Waals surface area contributed by atoms with Crippen LogP contribution in [0.1, 0.15) is 23.7 Å². The summed E-state index contributed by atoms with van der Waals surface area (Å²) in [6, 6.07) is 6.04. The van der Waals surface area contributed by atoms with Gasteiger partial charge in [0.1, 0.15) is 0 Å². The number of hydrogen-bond donors (Lipinski definition) is 0. The van der Waals surface area contributed by atoms with E-state index in [1.54, 1.807) is 36.4 Å². The lowest BCUT2D eigenvalue weighted by Gasteiger charge is -2.14. The van der Waals surface area contributed by atoms with Gasteiger partial charge in [0.05, 0.1) is 11.1 Å². The Labute approximate surface area is 140 Å². The van der Waals surface area contributed by atoms with Gasteiger partial charge in [0.2, 0.25) is 5.91 Å². The van der Waals surface area contributed by atoms with Crippen molar-refractivity contribution in [3.63, 3.8) is 0 Å². The molecule has 7 heteroatoms. The molecule has 0 aliphatic carbocycles. The van der Waals surface area contributed by atoms with Crippen LogP contribution in [0.5, 0.6) is 0 Å². The summed E-state index contributed by atoms with van der Waals surface area (Å²) in [5.74, 6) is -0.142. The summed E-state index contributed by atoms with van der Waals surface area (Å²) in [5.41, 5.74) is 2.82. The molecule has 2 aromatic rings. The van der Waals surface area contributed by atoms with Crippen molar-refractivity contribution in [2.24, 2.45) is 0 Å². The molecule has 0 atom stereocenters. The monoisotopic (exact) mass is 328 g/mol. The highest BCUT2D eigenvalue weighted by Crippen LogP contribution is 2.13. The molecule has 0 N–H and O–H groups in total. The first kappa shape index (κ1) is 17.4. The molecule has 0 saturated carbocycles. The van der Waals surface area contributed by atoms with E-state index in [1.165, 1.54) is 18.2 Å². The van der Waals surface area contributed by atoms with Crippen molar-refractivity contribution in [1.82, 2.24) is 14.7 Å². The van der Waals surface area contributed by atoms with Crippen molar-refractivity contribution >= 4 is 17.7 Å². The van der Waals surface area contributed by atoms with Gasteiger partial charge in [-0.25, -0.2) is 0 Å². The zero-order valence-corrected chi connectivity index (χ0v) is 14.0. The third-order valence-corrected chi connectivity index (χ3v) is 3.81. The van der Waals surface area contributed by atoms with E-state index >= 15 is 0 Å². The zero-order valence-electron chi connectivity index (χ0n) is 14.0. The number of carbonyl (C=O) groups excluding carboxylic acids is 1. The maximum absolute atomic E-state index is 12.2. The lowest BCUT2D eigenvalue weighted by molar-refractivity contribution is -0.384. The summed E-state index contributed by atoms with van der Waals surface area (Å²) >= 11 is 0. The fourth-order valence-electron chi connectivity index (χ4n) is 2.29. The Hall–Kier alpha value is -2.96. The highest BCUT2D eigenvalue weighted by Gasteiger charge is 2.11. The fourth-order valence-corrected chi connectivity index (χ4v) is 2.29. The molecule has 1 amide bonds. The average molecular weight is 328 g/mol.